The highest BCUT2D eigenvalue weighted by Gasteiger charge is 2.15. The van der Waals surface area contributed by atoms with Crippen LogP contribution in [-0.4, -0.2) is 15.7 Å². The van der Waals surface area contributed by atoms with E-state index in [9.17, 15) is 0 Å². The first kappa shape index (κ1) is 12.8. The van der Waals surface area contributed by atoms with Gasteiger partial charge in [0.2, 0.25) is 11.7 Å². The second-order valence-corrected chi connectivity index (χ2v) is 5.29. The molecule has 0 aromatic carbocycles. The lowest BCUT2D eigenvalue weighted by atomic mass is 10.1. The molecule has 2 aromatic rings. The van der Waals surface area contributed by atoms with Crippen molar-refractivity contribution in [2.24, 2.45) is 0 Å². The smallest absolute Gasteiger partial charge is 0.240 e. The summed E-state index contributed by atoms with van der Waals surface area (Å²) >= 11 is 1.59. The zero-order valence-electron chi connectivity index (χ0n) is 10.7. The molecule has 2 rings (SSSR count). The molecule has 94 valence electrons. The summed E-state index contributed by atoms with van der Waals surface area (Å²) < 4.78 is 5.20. The maximum atomic E-state index is 5.20. The van der Waals surface area contributed by atoms with Crippen molar-refractivity contribution < 1.29 is 4.52 Å². The lowest BCUT2D eigenvalue weighted by Crippen LogP contribution is -2.37. The highest BCUT2D eigenvalue weighted by Crippen LogP contribution is 2.21. The molecule has 0 aliphatic rings. The van der Waals surface area contributed by atoms with Gasteiger partial charge in [0, 0.05) is 0 Å². The van der Waals surface area contributed by atoms with Crippen molar-refractivity contribution >= 4 is 11.3 Å². The summed E-state index contributed by atoms with van der Waals surface area (Å²) in [5.41, 5.74) is -0.258. The molecule has 0 fully saturated rings. The predicted molar refractivity (Wildman–Crippen MR) is 72.0 cm³/mol. The maximum absolute atomic E-state index is 5.20. The molecule has 2 aromatic heterocycles. The molecule has 0 saturated carbocycles. The summed E-state index contributed by atoms with van der Waals surface area (Å²) in [5.74, 6) is 7.19. The molecule has 0 aliphatic heterocycles. The highest BCUT2D eigenvalue weighted by molar-refractivity contribution is 7.13. The van der Waals surface area contributed by atoms with Gasteiger partial charge < -0.3 is 4.52 Å². The summed E-state index contributed by atoms with van der Waals surface area (Å²) in [7, 11) is 0. The average molecular weight is 261 g/mol. The minimum atomic E-state index is -0.258. The minimum absolute atomic E-state index is 0.258. The van der Waals surface area contributed by atoms with Crippen LogP contribution >= 0.6 is 11.3 Å². The van der Waals surface area contributed by atoms with Gasteiger partial charge >= 0.3 is 0 Å². The third-order valence-electron chi connectivity index (χ3n) is 2.33. The van der Waals surface area contributed by atoms with E-state index in [4.69, 9.17) is 4.52 Å². The summed E-state index contributed by atoms with van der Waals surface area (Å²) in [6, 6.07) is 3.94. The Bertz CT molecular complexity index is 561. The summed E-state index contributed by atoms with van der Waals surface area (Å²) in [5, 5.41) is 9.21. The SMILES string of the molecule is CC#CC(C)(C)NCc1nc(-c2cccs2)no1. The van der Waals surface area contributed by atoms with Gasteiger partial charge in [0.05, 0.1) is 17.0 Å². The molecule has 0 spiro atoms. The molecule has 2 heterocycles. The van der Waals surface area contributed by atoms with E-state index in [2.05, 4.69) is 27.3 Å². The summed E-state index contributed by atoms with van der Waals surface area (Å²) in [6.45, 7) is 6.37. The third-order valence-corrected chi connectivity index (χ3v) is 3.19. The number of nitrogens with zero attached hydrogens (tertiary/aromatic N) is 2. The van der Waals surface area contributed by atoms with Gasteiger partial charge in [0.1, 0.15) is 0 Å². The Labute approximate surface area is 110 Å². The first-order valence-electron chi connectivity index (χ1n) is 5.66. The van der Waals surface area contributed by atoms with Crippen molar-refractivity contribution in [3.05, 3.63) is 23.4 Å². The quantitative estimate of drug-likeness (QED) is 0.860. The third kappa shape index (κ3) is 3.19. The first-order chi connectivity index (χ1) is 8.61. The van der Waals surface area contributed by atoms with E-state index in [0.29, 0.717) is 18.3 Å². The molecule has 0 amide bonds. The van der Waals surface area contributed by atoms with Crippen LogP contribution in [0.5, 0.6) is 0 Å². The Balaban J connectivity index is 2.01. The molecule has 1 N–H and O–H groups in total. The Hall–Kier alpha value is -1.64. The number of hydrogen-bond donors (Lipinski definition) is 1. The van der Waals surface area contributed by atoms with E-state index in [0.717, 1.165) is 4.88 Å². The van der Waals surface area contributed by atoms with Crippen molar-refractivity contribution in [3.8, 4) is 22.5 Å². The topological polar surface area (TPSA) is 51.0 Å². The standard InChI is InChI=1S/C13H15N3OS/c1-4-7-13(2,3)14-9-11-15-12(16-17-11)10-6-5-8-18-10/h5-6,8,14H,9H2,1-3H3. The Morgan fingerprint density at radius 3 is 3.00 bits per heavy atom. The van der Waals surface area contributed by atoms with Crippen molar-refractivity contribution in [2.75, 3.05) is 0 Å². The number of rotatable bonds is 4. The van der Waals surface area contributed by atoms with E-state index in [1.54, 1.807) is 11.3 Å². The molecule has 5 heteroatoms. The first-order valence-corrected chi connectivity index (χ1v) is 6.54. The van der Waals surface area contributed by atoms with Crippen LogP contribution in [-0.2, 0) is 6.54 Å². The largest absolute Gasteiger partial charge is 0.338 e. The lowest BCUT2D eigenvalue weighted by Gasteiger charge is -2.17. The van der Waals surface area contributed by atoms with Crippen LogP contribution in [0.4, 0.5) is 0 Å². The molecule has 0 saturated heterocycles. The summed E-state index contributed by atoms with van der Waals surface area (Å²) in [4.78, 5) is 5.35. The fourth-order valence-electron chi connectivity index (χ4n) is 1.49. The van der Waals surface area contributed by atoms with Gasteiger partial charge in [0.15, 0.2) is 0 Å². The van der Waals surface area contributed by atoms with Gasteiger partial charge in [-0.2, -0.15) is 4.98 Å². The monoisotopic (exact) mass is 261 g/mol. The molecular formula is C13H15N3OS. The minimum Gasteiger partial charge on any atom is -0.338 e. The van der Waals surface area contributed by atoms with Gasteiger partial charge in [-0.05, 0) is 32.2 Å². The zero-order valence-corrected chi connectivity index (χ0v) is 11.5. The number of thiophene rings is 1. The number of hydrogen-bond acceptors (Lipinski definition) is 5. The molecule has 0 bridgehead atoms. The van der Waals surface area contributed by atoms with Crippen LogP contribution in [0.3, 0.4) is 0 Å². The molecular weight excluding hydrogens is 246 g/mol. The van der Waals surface area contributed by atoms with Crippen LogP contribution in [0.15, 0.2) is 22.0 Å². The van der Waals surface area contributed by atoms with E-state index >= 15 is 0 Å². The Morgan fingerprint density at radius 2 is 2.33 bits per heavy atom. The number of aromatic nitrogens is 2. The van der Waals surface area contributed by atoms with Crippen molar-refractivity contribution in [3.63, 3.8) is 0 Å². The van der Waals surface area contributed by atoms with E-state index in [1.165, 1.54) is 0 Å². The second kappa shape index (κ2) is 5.34. The molecule has 0 aliphatic carbocycles. The Kier molecular flexibility index (Phi) is 3.80. The van der Waals surface area contributed by atoms with Crippen molar-refractivity contribution in [1.29, 1.82) is 0 Å². The summed E-state index contributed by atoms with van der Waals surface area (Å²) in [6.07, 6.45) is 0. The molecule has 4 nitrogen and oxygen atoms in total. The van der Waals surface area contributed by atoms with Crippen LogP contribution in [0, 0.1) is 11.8 Å². The van der Waals surface area contributed by atoms with Crippen LogP contribution in [0.25, 0.3) is 10.7 Å². The highest BCUT2D eigenvalue weighted by atomic mass is 32.1. The fraction of sp³-hybridized carbons (Fsp3) is 0.385. The van der Waals surface area contributed by atoms with Gasteiger partial charge in [-0.1, -0.05) is 17.1 Å². The van der Waals surface area contributed by atoms with Gasteiger partial charge in [-0.25, -0.2) is 0 Å². The van der Waals surface area contributed by atoms with Gasteiger partial charge in [-0.3, -0.25) is 5.32 Å². The normalized spacial score (nSPS) is 11.1. The molecule has 0 radical (unpaired) electrons. The van der Waals surface area contributed by atoms with E-state index < -0.39 is 0 Å². The second-order valence-electron chi connectivity index (χ2n) is 4.34. The van der Waals surface area contributed by atoms with Crippen molar-refractivity contribution in [2.45, 2.75) is 32.9 Å². The van der Waals surface area contributed by atoms with Gasteiger partial charge in [-0.15, -0.1) is 17.3 Å². The lowest BCUT2D eigenvalue weighted by molar-refractivity contribution is 0.351. The predicted octanol–water partition coefficient (Wildman–Crippen LogP) is 2.69. The fourth-order valence-corrected chi connectivity index (χ4v) is 2.14. The molecule has 0 unspecified atom stereocenters. The zero-order chi connectivity index (χ0) is 13.0. The Morgan fingerprint density at radius 1 is 1.50 bits per heavy atom. The van der Waals surface area contributed by atoms with Crippen LogP contribution in [0.1, 0.15) is 26.7 Å². The van der Waals surface area contributed by atoms with Gasteiger partial charge in [0.25, 0.3) is 0 Å². The molecule has 0 atom stereocenters. The van der Waals surface area contributed by atoms with E-state index in [1.807, 2.05) is 38.3 Å². The number of nitrogens with one attached hydrogen (secondary N) is 1. The van der Waals surface area contributed by atoms with Crippen LogP contribution < -0.4 is 5.32 Å². The average Bonchev–Trinajstić information content (AvgIpc) is 2.97. The van der Waals surface area contributed by atoms with Crippen LogP contribution in [0.2, 0.25) is 0 Å². The van der Waals surface area contributed by atoms with E-state index in [-0.39, 0.29) is 5.54 Å². The molecule has 18 heavy (non-hydrogen) atoms. The van der Waals surface area contributed by atoms with Crippen molar-refractivity contribution in [1.82, 2.24) is 15.5 Å². The maximum Gasteiger partial charge on any atom is 0.240 e.